The number of aromatic nitrogens is 2. The van der Waals surface area contributed by atoms with Gasteiger partial charge in [-0.05, 0) is 44.1 Å². The van der Waals surface area contributed by atoms with Crippen LogP contribution >= 0.6 is 22.7 Å². The van der Waals surface area contributed by atoms with E-state index in [0.717, 1.165) is 49.4 Å². The van der Waals surface area contributed by atoms with Crippen LogP contribution in [0.4, 0.5) is 20.2 Å². The maximum atomic E-state index is 15.0. The van der Waals surface area contributed by atoms with E-state index in [2.05, 4.69) is 33.2 Å². The summed E-state index contributed by atoms with van der Waals surface area (Å²) in [4.78, 5) is 13.3. The van der Waals surface area contributed by atoms with Gasteiger partial charge in [0.2, 0.25) is 0 Å². The zero-order chi connectivity index (χ0) is 21.9. The molecule has 2 aliphatic rings. The molecule has 3 aromatic heterocycles. The first kappa shape index (κ1) is 20.4. The molecule has 1 aromatic carbocycles. The number of pyridine rings is 1. The molecule has 32 heavy (non-hydrogen) atoms. The molecule has 2 saturated heterocycles. The average Bonchev–Trinajstić information content (AvgIpc) is 3.58. The van der Waals surface area contributed by atoms with Gasteiger partial charge in [-0.3, -0.25) is 4.90 Å². The Hall–Kier alpha value is -2.20. The fourth-order valence-electron chi connectivity index (χ4n) is 5.39. The van der Waals surface area contributed by atoms with Crippen LogP contribution in [0.2, 0.25) is 0 Å². The number of hydrogen-bond donors (Lipinski definition) is 1. The van der Waals surface area contributed by atoms with Crippen LogP contribution in [0.5, 0.6) is 0 Å². The number of halogens is 2. The lowest BCUT2D eigenvalue weighted by molar-refractivity contribution is 0.0963. The summed E-state index contributed by atoms with van der Waals surface area (Å²) < 4.78 is 36.1. The molecule has 1 N–H and O–H groups in total. The van der Waals surface area contributed by atoms with E-state index in [9.17, 15) is 8.78 Å². The summed E-state index contributed by atoms with van der Waals surface area (Å²) in [5.41, 5.74) is 2.21. The van der Waals surface area contributed by atoms with Crippen molar-refractivity contribution in [3.8, 4) is 0 Å². The van der Waals surface area contributed by atoms with Gasteiger partial charge in [0.05, 0.1) is 28.0 Å². The number of fused-ring (bicyclic) bond motifs is 2. The first-order valence-corrected chi connectivity index (χ1v) is 12.5. The molecule has 9 heteroatoms. The van der Waals surface area contributed by atoms with Gasteiger partial charge in [0.25, 0.3) is 0 Å². The van der Waals surface area contributed by atoms with Gasteiger partial charge in [-0.2, -0.15) is 0 Å². The maximum absolute atomic E-state index is 15.0. The van der Waals surface area contributed by atoms with Gasteiger partial charge in [-0.1, -0.05) is 6.92 Å². The third kappa shape index (κ3) is 2.98. The minimum Gasteiger partial charge on any atom is -0.379 e. The Morgan fingerprint density at radius 3 is 3.03 bits per heavy atom. The molecule has 4 aromatic rings. The van der Waals surface area contributed by atoms with E-state index >= 15 is 0 Å². The number of benzene rings is 1. The first-order valence-electron chi connectivity index (χ1n) is 10.8. The summed E-state index contributed by atoms with van der Waals surface area (Å²) in [6.07, 6.45) is 3.79. The molecular weight excluding hydrogens is 450 g/mol. The number of likely N-dealkylation sites (tertiary alicyclic amines) is 1. The van der Waals surface area contributed by atoms with Gasteiger partial charge < -0.3 is 10.1 Å². The zero-order valence-electron chi connectivity index (χ0n) is 17.5. The summed E-state index contributed by atoms with van der Waals surface area (Å²) >= 11 is 2.89. The monoisotopic (exact) mass is 472 g/mol. The van der Waals surface area contributed by atoms with E-state index in [1.54, 1.807) is 23.6 Å². The van der Waals surface area contributed by atoms with Crippen LogP contribution in [-0.4, -0.2) is 46.7 Å². The Bertz CT molecular complexity index is 1310. The third-order valence-electron chi connectivity index (χ3n) is 6.96. The molecule has 166 valence electrons. The molecule has 2 fully saturated rings. The normalized spacial score (nSPS) is 23.8. The lowest BCUT2D eigenvalue weighted by atomic mass is 9.82. The fourth-order valence-corrected chi connectivity index (χ4v) is 7.36. The second-order valence-electron chi connectivity index (χ2n) is 8.42. The van der Waals surface area contributed by atoms with Crippen LogP contribution in [0.3, 0.4) is 0 Å². The topological polar surface area (TPSA) is 50.3 Å². The first-order chi connectivity index (χ1) is 15.6. The molecule has 5 heterocycles. The highest BCUT2D eigenvalue weighted by molar-refractivity contribution is 7.18. The van der Waals surface area contributed by atoms with Crippen molar-refractivity contribution < 1.29 is 13.5 Å². The summed E-state index contributed by atoms with van der Waals surface area (Å²) in [7, 11) is 0. The SMILES string of the molecule is CCN1CC[C@H](c2cc3c(Nc4c(F)cc5scnc5c4F)ccnc3s2)[C@]12CCOC2. The van der Waals surface area contributed by atoms with Crippen LogP contribution < -0.4 is 5.32 Å². The highest BCUT2D eigenvalue weighted by Crippen LogP contribution is 2.50. The molecule has 2 atom stereocenters. The van der Waals surface area contributed by atoms with Gasteiger partial charge in [-0.25, -0.2) is 18.7 Å². The van der Waals surface area contributed by atoms with Crippen molar-refractivity contribution in [2.24, 2.45) is 0 Å². The molecule has 0 aliphatic carbocycles. The molecular formula is C23H22F2N4OS2. The average molecular weight is 473 g/mol. The summed E-state index contributed by atoms with van der Waals surface area (Å²) in [6.45, 7) is 5.82. The summed E-state index contributed by atoms with van der Waals surface area (Å²) in [6, 6.07) is 5.25. The Morgan fingerprint density at radius 1 is 1.31 bits per heavy atom. The number of nitrogens with one attached hydrogen (secondary N) is 1. The van der Waals surface area contributed by atoms with Crippen LogP contribution in [0.1, 0.15) is 30.6 Å². The molecule has 2 aliphatic heterocycles. The van der Waals surface area contributed by atoms with Crippen molar-refractivity contribution in [3.63, 3.8) is 0 Å². The quantitative estimate of drug-likeness (QED) is 0.401. The van der Waals surface area contributed by atoms with Crippen molar-refractivity contribution in [2.75, 3.05) is 31.6 Å². The maximum Gasteiger partial charge on any atom is 0.176 e. The summed E-state index contributed by atoms with van der Waals surface area (Å²) in [5.74, 6) is -0.925. The van der Waals surface area contributed by atoms with Crippen LogP contribution in [-0.2, 0) is 4.74 Å². The molecule has 0 radical (unpaired) electrons. The van der Waals surface area contributed by atoms with Crippen LogP contribution in [0, 0.1) is 11.6 Å². The van der Waals surface area contributed by atoms with Crippen molar-refractivity contribution in [1.82, 2.24) is 14.9 Å². The van der Waals surface area contributed by atoms with Gasteiger partial charge in [0, 0.05) is 29.0 Å². The number of likely N-dealkylation sites (N-methyl/N-ethyl adjacent to an activating group) is 1. The third-order valence-corrected chi connectivity index (χ3v) is 8.89. The van der Waals surface area contributed by atoms with E-state index in [-0.39, 0.29) is 16.7 Å². The van der Waals surface area contributed by atoms with Gasteiger partial charge in [0.1, 0.15) is 16.0 Å². The van der Waals surface area contributed by atoms with E-state index < -0.39 is 11.6 Å². The predicted molar refractivity (Wildman–Crippen MR) is 125 cm³/mol. The Labute approximate surface area is 192 Å². The van der Waals surface area contributed by atoms with E-state index in [0.29, 0.717) is 16.3 Å². The van der Waals surface area contributed by atoms with Crippen LogP contribution in [0.15, 0.2) is 29.9 Å². The van der Waals surface area contributed by atoms with Crippen molar-refractivity contribution >= 4 is 54.5 Å². The summed E-state index contributed by atoms with van der Waals surface area (Å²) in [5, 5.41) is 3.88. The number of ether oxygens (including phenoxy) is 1. The van der Waals surface area contributed by atoms with Crippen molar-refractivity contribution in [2.45, 2.75) is 31.2 Å². The van der Waals surface area contributed by atoms with Crippen LogP contribution in [0.25, 0.3) is 20.4 Å². The van der Waals surface area contributed by atoms with E-state index in [1.165, 1.54) is 27.8 Å². The smallest absolute Gasteiger partial charge is 0.176 e. The molecule has 0 saturated carbocycles. The molecule has 5 nitrogen and oxygen atoms in total. The molecule has 1 spiro atoms. The Kier molecular flexibility index (Phi) is 4.90. The minimum atomic E-state index is -0.668. The minimum absolute atomic E-state index is 0.0388. The standard InChI is InChI=1S/C23H22F2N4OS2/c1-2-29-7-4-14(23(29)5-8-30-11-23)17-9-13-16(3-6-26-22(13)32-17)28-20-15(24)10-18-21(19(20)25)27-12-31-18/h3,6,9-10,12,14H,2,4-5,7-8,11H2,1H3,(H,26,28)/t14-,23-/m1/s1. The Morgan fingerprint density at radius 2 is 2.22 bits per heavy atom. The predicted octanol–water partition coefficient (Wildman–Crippen LogP) is 5.90. The largest absolute Gasteiger partial charge is 0.379 e. The van der Waals surface area contributed by atoms with E-state index in [4.69, 9.17) is 4.74 Å². The number of thiazole rings is 1. The molecule has 0 amide bonds. The van der Waals surface area contributed by atoms with Gasteiger partial charge in [-0.15, -0.1) is 22.7 Å². The highest BCUT2D eigenvalue weighted by Gasteiger charge is 2.51. The van der Waals surface area contributed by atoms with Crippen molar-refractivity contribution in [1.29, 1.82) is 0 Å². The second-order valence-corrected chi connectivity index (χ2v) is 10.4. The highest BCUT2D eigenvalue weighted by atomic mass is 32.1. The van der Waals surface area contributed by atoms with Crippen molar-refractivity contribution in [3.05, 3.63) is 46.4 Å². The number of thiophene rings is 1. The zero-order valence-corrected chi connectivity index (χ0v) is 19.2. The van der Waals surface area contributed by atoms with Gasteiger partial charge in [0.15, 0.2) is 11.6 Å². The number of hydrogen-bond acceptors (Lipinski definition) is 7. The second kappa shape index (κ2) is 7.69. The molecule has 0 unspecified atom stereocenters. The fraction of sp³-hybridized carbons (Fsp3) is 0.391. The lowest BCUT2D eigenvalue weighted by Gasteiger charge is -2.37. The van der Waals surface area contributed by atoms with Gasteiger partial charge >= 0.3 is 0 Å². The lowest BCUT2D eigenvalue weighted by Crippen LogP contribution is -2.47. The molecule has 0 bridgehead atoms. The number of anilines is 2. The van der Waals surface area contributed by atoms with E-state index in [1.807, 2.05) is 0 Å². The number of nitrogens with zero attached hydrogens (tertiary/aromatic N) is 3. The number of rotatable bonds is 4. The molecule has 6 rings (SSSR count). The Balaban J connectivity index is 1.41.